The van der Waals surface area contributed by atoms with Crippen LogP contribution in [-0.2, 0) is 11.8 Å². The first-order valence-corrected chi connectivity index (χ1v) is 7.30. The van der Waals surface area contributed by atoms with Crippen LogP contribution >= 0.6 is 0 Å². The van der Waals surface area contributed by atoms with Crippen LogP contribution in [0.1, 0.15) is 37.4 Å². The molecule has 1 aliphatic carbocycles. The van der Waals surface area contributed by atoms with Crippen LogP contribution in [0.2, 0.25) is 0 Å². The summed E-state index contributed by atoms with van der Waals surface area (Å²) in [6.45, 7) is 3.66. The predicted octanol–water partition coefficient (Wildman–Crippen LogP) is 1.06. The molecule has 1 saturated heterocycles. The smallest absolute Gasteiger partial charge is 0.0810 e. The summed E-state index contributed by atoms with van der Waals surface area (Å²) >= 11 is 0. The van der Waals surface area contributed by atoms with E-state index in [4.69, 9.17) is 10.5 Å². The second-order valence-electron chi connectivity index (χ2n) is 5.80. The summed E-state index contributed by atoms with van der Waals surface area (Å²) in [5, 5.41) is 4.53. The van der Waals surface area contributed by atoms with Gasteiger partial charge in [-0.2, -0.15) is 5.10 Å². The fourth-order valence-corrected chi connectivity index (χ4v) is 3.69. The van der Waals surface area contributed by atoms with Crippen LogP contribution in [0.5, 0.6) is 0 Å². The summed E-state index contributed by atoms with van der Waals surface area (Å²) in [6.07, 6.45) is 6.91. The van der Waals surface area contributed by atoms with Gasteiger partial charge in [0.1, 0.15) is 0 Å². The van der Waals surface area contributed by atoms with Crippen LogP contribution < -0.4 is 5.73 Å². The first-order chi connectivity index (χ1) is 9.22. The molecule has 0 spiro atoms. The standard InChI is InChI=1S/C14H24N4O/c1-17-7-4-12(16-17)13(15)14(5-2-3-6-14)18-8-10-19-11-9-18/h4,7,13H,2-3,5-6,8-11,15H2,1H3. The van der Waals surface area contributed by atoms with Crippen molar-refractivity contribution < 1.29 is 4.74 Å². The van der Waals surface area contributed by atoms with Gasteiger partial charge in [-0.05, 0) is 18.9 Å². The lowest BCUT2D eigenvalue weighted by Gasteiger charge is -2.46. The van der Waals surface area contributed by atoms with E-state index in [-0.39, 0.29) is 11.6 Å². The van der Waals surface area contributed by atoms with Crippen molar-refractivity contribution in [1.82, 2.24) is 14.7 Å². The Bertz CT molecular complexity index is 419. The zero-order chi connectivity index (χ0) is 13.3. The zero-order valence-corrected chi connectivity index (χ0v) is 11.7. The molecule has 0 amide bonds. The molecule has 2 fully saturated rings. The second kappa shape index (κ2) is 5.23. The average Bonchev–Trinajstić information content (AvgIpc) is 3.08. The number of nitrogens with two attached hydrogens (primary N) is 1. The second-order valence-corrected chi connectivity index (χ2v) is 5.80. The summed E-state index contributed by atoms with van der Waals surface area (Å²) in [6, 6.07) is 2.07. The van der Waals surface area contributed by atoms with Gasteiger partial charge < -0.3 is 10.5 Å². The Labute approximate surface area is 114 Å². The van der Waals surface area contributed by atoms with E-state index in [2.05, 4.69) is 16.1 Å². The summed E-state index contributed by atoms with van der Waals surface area (Å²) in [5.74, 6) is 0. The van der Waals surface area contributed by atoms with Crippen molar-refractivity contribution >= 4 is 0 Å². The molecule has 1 unspecified atom stereocenters. The Kier molecular flexibility index (Phi) is 3.60. The van der Waals surface area contributed by atoms with Crippen LogP contribution in [0.4, 0.5) is 0 Å². The number of aryl methyl sites for hydroxylation is 1. The molecule has 5 heteroatoms. The van der Waals surface area contributed by atoms with E-state index in [0.717, 1.165) is 32.0 Å². The molecule has 3 rings (SSSR count). The third kappa shape index (κ3) is 2.30. The Morgan fingerprint density at radius 1 is 1.32 bits per heavy atom. The SMILES string of the molecule is Cn1ccc(C(N)C2(N3CCOCC3)CCCC2)n1. The Hall–Kier alpha value is -0.910. The summed E-state index contributed by atoms with van der Waals surface area (Å²) < 4.78 is 7.34. The van der Waals surface area contributed by atoms with Gasteiger partial charge in [0.2, 0.25) is 0 Å². The van der Waals surface area contributed by atoms with E-state index in [1.165, 1.54) is 25.7 Å². The molecular formula is C14H24N4O. The van der Waals surface area contributed by atoms with Gasteiger partial charge >= 0.3 is 0 Å². The first kappa shape index (κ1) is 13.1. The molecular weight excluding hydrogens is 240 g/mol. The maximum atomic E-state index is 6.62. The lowest BCUT2D eigenvalue weighted by atomic mass is 9.84. The molecule has 1 atom stereocenters. The van der Waals surface area contributed by atoms with Crippen LogP contribution in [-0.4, -0.2) is 46.5 Å². The Balaban J connectivity index is 1.86. The zero-order valence-electron chi connectivity index (χ0n) is 11.7. The molecule has 1 saturated carbocycles. The van der Waals surface area contributed by atoms with Gasteiger partial charge in [0.15, 0.2) is 0 Å². The number of nitrogens with zero attached hydrogens (tertiary/aromatic N) is 3. The third-order valence-corrected chi connectivity index (χ3v) is 4.74. The molecule has 106 valence electrons. The number of morpholine rings is 1. The molecule has 2 aliphatic rings. The van der Waals surface area contributed by atoms with Gasteiger partial charge in [-0.15, -0.1) is 0 Å². The Morgan fingerprint density at radius 2 is 2.00 bits per heavy atom. The average molecular weight is 264 g/mol. The lowest BCUT2D eigenvalue weighted by molar-refractivity contribution is -0.0316. The number of rotatable bonds is 3. The van der Waals surface area contributed by atoms with E-state index in [0.29, 0.717) is 0 Å². The third-order valence-electron chi connectivity index (χ3n) is 4.74. The first-order valence-electron chi connectivity index (χ1n) is 7.30. The van der Waals surface area contributed by atoms with Crippen molar-refractivity contribution in [2.75, 3.05) is 26.3 Å². The van der Waals surface area contributed by atoms with Gasteiger partial charge in [0.25, 0.3) is 0 Å². The minimum atomic E-state index is 0.00861. The molecule has 5 nitrogen and oxygen atoms in total. The van der Waals surface area contributed by atoms with Crippen molar-refractivity contribution in [3.05, 3.63) is 18.0 Å². The topological polar surface area (TPSA) is 56.3 Å². The van der Waals surface area contributed by atoms with Gasteiger partial charge in [-0.1, -0.05) is 12.8 Å². The summed E-state index contributed by atoms with van der Waals surface area (Å²) in [5.41, 5.74) is 7.74. The van der Waals surface area contributed by atoms with Gasteiger partial charge in [0, 0.05) is 31.9 Å². The highest BCUT2D eigenvalue weighted by atomic mass is 16.5. The molecule has 0 radical (unpaired) electrons. The highest BCUT2D eigenvalue weighted by molar-refractivity contribution is 5.15. The van der Waals surface area contributed by atoms with Crippen LogP contribution in [0.15, 0.2) is 12.3 Å². The summed E-state index contributed by atoms with van der Waals surface area (Å²) in [7, 11) is 1.95. The molecule has 2 heterocycles. The fraction of sp³-hybridized carbons (Fsp3) is 0.786. The molecule has 1 aromatic rings. The molecule has 1 aliphatic heterocycles. The maximum Gasteiger partial charge on any atom is 0.0810 e. The normalized spacial score (nSPS) is 25.6. The predicted molar refractivity (Wildman–Crippen MR) is 73.7 cm³/mol. The van der Waals surface area contributed by atoms with Crippen LogP contribution in [0.3, 0.4) is 0 Å². The van der Waals surface area contributed by atoms with E-state index in [9.17, 15) is 0 Å². The van der Waals surface area contributed by atoms with E-state index in [1.54, 1.807) is 0 Å². The highest BCUT2D eigenvalue weighted by Gasteiger charge is 2.46. The largest absolute Gasteiger partial charge is 0.379 e. The van der Waals surface area contributed by atoms with Crippen molar-refractivity contribution in [3.63, 3.8) is 0 Å². The van der Waals surface area contributed by atoms with Crippen molar-refractivity contribution in [3.8, 4) is 0 Å². The molecule has 19 heavy (non-hydrogen) atoms. The van der Waals surface area contributed by atoms with Gasteiger partial charge in [-0.3, -0.25) is 9.58 Å². The van der Waals surface area contributed by atoms with Gasteiger partial charge in [0.05, 0.1) is 24.9 Å². The molecule has 2 N–H and O–H groups in total. The minimum absolute atomic E-state index is 0.00861. The number of ether oxygens (including phenoxy) is 1. The van der Waals surface area contributed by atoms with Crippen molar-refractivity contribution in [2.45, 2.75) is 37.3 Å². The van der Waals surface area contributed by atoms with Crippen LogP contribution in [0, 0.1) is 0 Å². The Morgan fingerprint density at radius 3 is 2.58 bits per heavy atom. The van der Waals surface area contributed by atoms with Crippen molar-refractivity contribution in [1.29, 1.82) is 0 Å². The van der Waals surface area contributed by atoms with Gasteiger partial charge in [-0.25, -0.2) is 0 Å². The minimum Gasteiger partial charge on any atom is -0.379 e. The monoisotopic (exact) mass is 264 g/mol. The van der Waals surface area contributed by atoms with E-state index in [1.807, 2.05) is 17.9 Å². The number of hydrogen-bond acceptors (Lipinski definition) is 4. The molecule has 0 bridgehead atoms. The molecule has 0 aromatic carbocycles. The maximum absolute atomic E-state index is 6.62. The number of hydrogen-bond donors (Lipinski definition) is 1. The highest BCUT2D eigenvalue weighted by Crippen LogP contribution is 2.43. The lowest BCUT2D eigenvalue weighted by Crippen LogP contribution is -2.57. The fourth-order valence-electron chi connectivity index (χ4n) is 3.69. The van der Waals surface area contributed by atoms with E-state index < -0.39 is 0 Å². The summed E-state index contributed by atoms with van der Waals surface area (Å²) in [4.78, 5) is 2.56. The quantitative estimate of drug-likeness (QED) is 0.887. The van der Waals surface area contributed by atoms with Crippen molar-refractivity contribution in [2.24, 2.45) is 12.8 Å². The van der Waals surface area contributed by atoms with Crippen LogP contribution in [0.25, 0.3) is 0 Å². The number of aromatic nitrogens is 2. The molecule has 1 aromatic heterocycles. The van der Waals surface area contributed by atoms with E-state index >= 15 is 0 Å².